The maximum Gasteiger partial charge on any atom is 0.411 e. The van der Waals surface area contributed by atoms with E-state index in [1.165, 1.54) is 0 Å². The fourth-order valence-corrected chi connectivity index (χ4v) is 2.24. The molecule has 5 nitrogen and oxygen atoms in total. The summed E-state index contributed by atoms with van der Waals surface area (Å²) in [6, 6.07) is 13.7. The zero-order chi connectivity index (χ0) is 20.4. The molecule has 0 saturated heterocycles. The Balaban J connectivity index is 1.69. The van der Waals surface area contributed by atoms with E-state index < -0.39 is 12.8 Å². The third-order valence-corrected chi connectivity index (χ3v) is 3.55. The van der Waals surface area contributed by atoms with Crippen molar-refractivity contribution in [2.75, 3.05) is 19.8 Å². The number of carbonyl (C=O) groups excluding carboxylic acids is 1. The summed E-state index contributed by atoms with van der Waals surface area (Å²) in [5.41, 5.74) is 1.44. The number of ether oxygens (including phenoxy) is 3. The number of nitrogens with one attached hydrogen (secondary N) is 1. The van der Waals surface area contributed by atoms with Crippen molar-refractivity contribution >= 4 is 5.91 Å². The molecule has 0 aliphatic rings. The Morgan fingerprint density at radius 1 is 0.929 bits per heavy atom. The van der Waals surface area contributed by atoms with E-state index in [1.54, 1.807) is 48.5 Å². The summed E-state index contributed by atoms with van der Waals surface area (Å²) in [5.74, 6) is 1.000. The Hall–Kier alpha value is -2.74. The highest BCUT2D eigenvalue weighted by Crippen LogP contribution is 2.17. The van der Waals surface area contributed by atoms with E-state index in [9.17, 15) is 18.0 Å². The third-order valence-electron chi connectivity index (χ3n) is 3.55. The number of carbonyl (C=O) groups is 1. The van der Waals surface area contributed by atoms with Crippen LogP contribution in [0.2, 0.25) is 0 Å². The van der Waals surface area contributed by atoms with Gasteiger partial charge in [0.1, 0.15) is 18.1 Å². The SMILES string of the molecule is CCOc1ccc(OCC(=O)NCc2ccc(COCC(F)(F)F)cc2)cc1. The maximum atomic E-state index is 12.0. The van der Waals surface area contributed by atoms with Gasteiger partial charge in [-0.2, -0.15) is 13.2 Å². The summed E-state index contributed by atoms with van der Waals surface area (Å²) >= 11 is 0. The number of halogens is 3. The van der Waals surface area contributed by atoms with E-state index in [0.717, 1.165) is 11.3 Å². The van der Waals surface area contributed by atoms with E-state index in [1.807, 2.05) is 6.92 Å². The maximum absolute atomic E-state index is 12.0. The molecule has 1 N–H and O–H groups in total. The molecule has 1 amide bonds. The minimum atomic E-state index is -4.34. The van der Waals surface area contributed by atoms with Crippen LogP contribution in [-0.2, 0) is 22.7 Å². The second kappa shape index (κ2) is 10.6. The van der Waals surface area contributed by atoms with E-state index >= 15 is 0 Å². The third kappa shape index (κ3) is 8.30. The molecular weight excluding hydrogens is 375 g/mol. The van der Waals surface area contributed by atoms with E-state index in [0.29, 0.717) is 17.9 Å². The zero-order valence-corrected chi connectivity index (χ0v) is 15.4. The fraction of sp³-hybridized carbons (Fsp3) is 0.350. The predicted octanol–water partition coefficient (Wildman–Crippen LogP) is 3.86. The van der Waals surface area contributed by atoms with Gasteiger partial charge < -0.3 is 19.5 Å². The minimum Gasteiger partial charge on any atom is -0.494 e. The Bertz CT molecular complexity index is 731. The molecule has 0 aliphatic heterocycles. The Morgan fingerprint density at radius 3 is 2.07 bits per heavy atom. The van der Waals surface area contributed by atoms with Gasteiger partial charge in [0.25, 0.3) is 5.91 Å². The summed E-state index contributed by atoms with van der Waals surface area (Å²) in [6.07, 6.45) is -4.34. The number of benzene rings is 2. The largest absolute Gasteiger partial charge is 0.494 e. The van der Waals surface area contributed by atoms with Crippen LogP contribution in [0.15, 0.2) is 48.5 Å². The molecule has 0 spiro atoms. The summed E-state index contributed by atoms with van der Waals surface area (Å²) < 4.78 is 51.4. The van der Waals surface area contributed by atoms with E-state index in [4.69, 9.17) is 9.47 Å². The van der Waals surface area contributed by atoms with Crippen molar-refractivity contribution in [3.8, 4) is 11.5 Å². The van der Waals surface area contributed by atoms with Crippen LogP contribution in [-0.4, -0.2) is 31.9 Å². The average Bonchev–Trinajstić information content (AvgIpc) is 2.66. The molecule has 0 saturated carbocycles. The van der Waals surface area contributed by atoms with Crippen molar-refractivity contribution in [1.82, 2.24) is 5.32 Å². The minimum absolute atomic E-state index is 0.123. The molecular formula is C20H22F3NO4. The van der Waals surface area contributed by atoms with Crippen molar-refractivity contribution in [3.63, 3.8) is 0 Å². The summed E-state index contributed by atoms with van der Waals surface area (Å²) in [4.78, 5) is 11.9. The van der Waals surface area contributed by atoms with E-state index in [-0.39, 0.29) is 25.7 Å². The molecule has 152 valence electrons. The standard InChI is InChI=1S/C20H22F3NO4/c1-2-27-17-7-9-18(10-8-17)28-13-19(25)24-11-15-3-5-16(6-4-15)12-26-14-20(21,22)23/h3-10H,2,11-14H2,1H3,(H,24,25). The highest BCUT2D eigenvalue weighted by molar-refractivity contribution is 5.77. The van der Waals surface area contributed by atoms with Gasteiger partial charge in [0.05, 0.1) is 13.2 Å². The summed E-state index contributed by atoms with van der Waals surface area (Å²) in [6.45, 7) is 1.22. The van der Waals surface area contributed by atoms with Crippen LogP contribution in [0.3, 0.4) is 0 Å². The second-order valence-electron chi connectivity index (χ2n) is 5.89. The van der Waals surface area contributed by atoms with Gasteiger partial charge in [-0.1, -0.05) is 24.3 Å². The van der Waals surface area contributed by atoms with Gasteiger partial charge >= 0.3 is 6.18 Å². The molecule has 0 heterocycles. The zero-order valence-electron chi connectivity index (χ0n) is 15.4. The van der Waals surface area contributed by atoms with Crippen molar-refractivity contribution < 1.29 is 32.2 Å². The van der Waals surface area contributed by atoms with Gasteiger partial charge in [0.15, 0.2) is 6.61 Å². The van der Waals surface area contributed by atoms with Crippen LogP contribution < -0.4 is 14.8 Å². The van der Waals surface area contributed by atoms with Crippen molar-refractivity contribution in [3.05, 3.63) is 59.7 Å². The van der Waals surface area contributed by atoms with Gasteiger partial charge in [-0.25, -0.2) is 0 Å². The van der Waals surface area contributed by atoms with Gasteiger partial charge in [-0.05, 0) is 42.3 Å². The molecule has 0 fully saturated rings. The molecule has 0 radical (unpaired) electrons. The molecule has 0 bridgehead atoms. The van der Waals surface area contributed by atoms with Crippen molar-refractivity contribution in [1.29, 1.82) is 0 Å². The lowest BCUT2D eigenvalue weighted by Crippen LogP contribution is -2.28. The van der Waals surface area contributed by atoms with E-state index in [2.05, 4.69) is 10.1 Å². The lowest BCUT2D eigenvalue weighted by Gasteiger charge is -2.10. The van der Waals surface area contributed by atoms with Gasteiger partial charge in [0, 0.05) is 6.54 Å². The average molecular weight is 397 g/mol. The van der Waals surface area contributed by atoms with Crippen LogP contribution in [0.25, 0.3) is 0 Å². The Labute approximate surface area is 161 Å². The highest BCUT2D eigenvalue weighted by atomic mass is 19.4. The van der Waals surface area contributed by atoms with Gasteiger partial charge in [-0.15, -0.1) is 0 Å². The Kier molecular flexibility index (Phi) is 8.13. The topological polar surface area (TPSA) is 56.8 Å². The summed E-state index contributed by atoms with van der Waals surface area (Å²) in [7, 11) is 0. The van der Waals surface area contributed by atoms with Gasteiger partial charge in [0.2, 0.25) is 0 Å². The first-order chi connectivity index (χ1) is 13.4. The molecule has 0 atom stereocenters. The number of hydrogen-bond acceptors (Lipinski definition) is 4. The molecule has 2 aromatic carbocycles. The number of hydrogen-bond donors (Lipinski definition) is 1. The quantitative estimate of drug-likeness (QED) is 0.662. The molecule has 8 heteroatoms. The molecule has 0 unspecified atom stereocenters. The first-order valence-corrected chi connectivity index (χ1v) is 8.70. The first-order valence-electron chi connectivity index (χ1n) is 8.70. The monoisotopic (exact) mass is 397 g/mol. The number of amides is 1. The van der Waals surface area contributed by atoms with Crippen LogP contribution >= 0.6 is 0 Å². The molecule has 2 rings (SSSR count). The van der Waals surface area contributed by atoms with Crippen LogP contribution in [0, 0.1) is 0 Å². The molecule has 0 aliphatic carbocycles. The van der Waals surface area contributed by atoms with Gasteiger partial charge in [-0.3, -0.25) is 4.79 Å². The fourth-order valence-electron chi connectivity index (χ4n) is 2.24. The smallest absolute Gasteiger partial charge is 0.411 e. The highest BCUT2D eigenvalue weighted by Gasteiger charge is 2.27. The molecule has 2 aromatic rings. The first kappa shape index (κ1) is 21.6. The Morgan fingerprint density at radius 2 is 1.50 bits per heavy atom. The predicted molar refractivity (Wildman–Crippen MR) is 97.1 cm³/mol. The molecule has 0 aromatic heterocycles. The second-order valence-corrected chi connectivity index (χ2v) is 5.89. The molecule has 28 heavy (non-hydrogen) atoms. The number of alkyl halides is 3. The van der Waals surface area contributed by atoms with Crippen molar-refractivity contribution in [2.45, 2.75) is 26.3 Å². The van der Waals surface area contributed by atoms with Crippen LogP contribution in [0.1, 0.15) is 18.1 Å². The van der Waals surface area contributed by atoms with Crippen LogP contribution in [0.4, 0.5) is 13.2 Å². The van der Waals surface area contributed by atoms with Crippen LogP contribution in [0.5, 0.6) is 11.5 Å². The lowest BCUT2D eigenvalue weighted by atomic mass is 10.1. The van der Waals surface area contributed by atoms with Crippen molar-refractivity contribution in [2.24, 2.45) is 0 Å². The summed E-state index contributed by atoms with van der Waals surface area (Å²) in [5, 5.41) is 2.71. The number of rotatable bonds is 10. The normalized spacial score (nSPS) is 11.1. The lowest BCUT2D eigenvalue weighted by molar-refractivity contribution is -0.176.